The Hall–Kier alpha value is -1.52. The molecule has 0 saturated carbocycles. The van der Waals surface area contributed by atoms with Crippen molar-refractivity contribution in [3.05, 3.63) is 11.4 Å². The third-order valence-corrected chi connectivity index (χ3v) is 3.83. The summed E-state index contributed by atoms with van der Waals surface area (Å²) in [6, 6.07) is 0.335. The van der Waals surface area contributed by atoms with E-state index < -0.39 is 0 Å². The summed E-state index contributed by atoms with van der Waals surface area (Å²) >= 11 is 0. The number of aryl methyl sites for hydroxylation is 1. The van der Waals surface area contributed by atoms with Gasteiger partial charge in [-0.2, -0.15) is 5.10 Å². The van der Waals surface area contributed by atoms with E-state index in [1.165, 1.54) is 0 Å². The highest BCUT2D eigenvalue weighted by Gasteiger charge is 2.30. The molecule has 2 heterocycles. The number of anilines is 1. The predicted molar refractivity (Wildman–Crippen MR) is 71.1 cm³/mol. The van der Waals surface area contributed by atoms with Crippen LogP contribution in [-0.2, 0) is 11.3 Å². The molecule has 1 aromatic heterocycles. The zero-order chi connectivity index (χ0) is 13.4. The topological polar surface area (TPSA) is 64.2 Å². The van der Waals surface area contributed by atoms with Crippen LogP contribution in [0.5, 0.6) is 0 Å². The molecular weight excluding hydrogens is 228 g/mol. The number of hydrogen-bond acceptors (Lipinski definition) is 3. The first kappa shape index (κ1) is 12.9. The third-order valence-electron chi connectivity index (χ3n) is 3.83. The van der Waals surface area contributed by atoms with Crippen LogP contribution < -0.4 is 5.73 Å². The van der Waals surface area contributed by atoms with E-state index in [0.717, 1.165) is 24.4 Å². The van der Waals surface area contributed by atoms with E-state index in [0.29, 0.717) is 24.2 Å². The second-order valence-electron chi connectivity index (χ2n) is 5.48. The van der Waals surface area contributed by atoms with Crippen molar-refractivity contribution in [3.63, 3.8) is 0 Å². The summed E-state index contributed by atoms with van der Waals surface area (Å²) in [4.78, 5) is 14.2. The maximum atomic E-state index is 12.3. The van der Waals surface area contributed by atoms with Gasteiger partial charge in [0.1, 0.15) is 6.54 Å². The van der Waals surface area contributed by atoms with E-state index in [9.17, 15) is 4.79 Å². The van der Waals surface area contributed by atoms with Crippen molar-refractivity contribution in [1.29, 1.82) is 0 Å². The lowest BCUT2D eigenvalue weighted by Gasteiger charge is -2.21. The fourth-order valence-corrected chi connectivity index (χ4v) is 2.73. The van der Waals surface area contributed by atoms with Gasteiger partial charge in [0.25, 0.3) is 0 Å². The molecule has 0 radical (unpaired) electrons. The van der Waals surface area contributed by atoms with Crippen LogP contribution in [0.3, 0.4) is 0 Å². The number of amides is 1. The molecule has 1 aliphatic rings. The van der Waals surface area contributed by atoms with E-state index in [1.54, 1.807) is 4.68 Å². The zero-order valence-electron chi connectivity index (χ0n) is 11.6. The highest BCUT2D eigenvalue weighted by molar-refractivity contribution is 5.77. The molecule has 18 heavy (non-hydrogen) atoms. The molecule has 0 aromatic carbocycles. The molecule has 1 saturated heterocycles. The fourth-order valence-electron chi connectivity index (χ4n) is 2.73. The van der Waals surface area contributed by atoms with Gasteiger partial charge < -0.3 is 10.6 Å². The van der Waals surface area contributed by atoms with Crippen molar-refractivity contribution >= 4 is 11.6 Å². The first-order valence-electron chi connectivity index (χ1n) is 6.49. The first-order chi connectivity index (χ1) is 8.40. The molecule has 2 N–H and O–H groups in total. The molecule has 1 aliphatic heterocycles. The van der Waals surface area contributed by atoms with Crippen molar-refractivity contribution in [2.45, 2.75) is 46.7 Å². The Bertz CT molecular complexity index is 466. The molecule has 1 amide bonds. The highest BCUT2D eigenvalue weighted by atomic mass is 16.2. The Morgan fingerprint density at radius 3 is 2.56 bits per heavy atom. The molecule has 1 aromatic rings. The predicted octanol–water partition coefficient (Wildman–Crippen LogP) is 1.34. The van der Waals surface area contributed by atoms with Gasteiger partial charge in [0, 0.05) is 12.6 Å². The highest BCUT2D eigenvalue weighted by Crippen LogP contribution is 2.23. The molecule has 0 bridgehead atoms. The minimum Gasteiger partial charge on any atom is -0.396 e. The molecule has 100 valence electrons. The van der Waals surface area contributed by atoms with Crippen molar-refractivity contribution < 1.29 is 4.79 Å². The standard InChI is InChI=1S/C13H22N4O/c1-8-5-9(2)16(6-8)12(18)7-17-11(4)13(14)10(3)15-17/h8-9H,5-7,14H2,1-4H3. The molecule has 2 rings (SSSR count). The lowest BCUT2D eigenvalue weighted by Crippen LogP contribution is -2.36. The summed E-state index contributed by atoms with van der Waals surface area (Å²) in [5.41, 5.74) is 8.23. The summed E-state index contributed by atoms with van der Waals surface area (Å²) in [5.74, 6) is 0.729. The Kier molecular flexibility index (Phi) is 3.32. The van der Waals surface area contributed by atoms with Crippen LogP contribution >= 0.6 is 0 Å². The van der Waals surface area contributed by atoms with Gasteiger partial charge in [0.05, 0.1) is 17.1 Å². The fraction of sp³-hybridized carbons (Fsp3) is 0.692. The van der Waals surface area contributed by atoms with E-state index >= 15 is 0 Å². The maximum absolute atomic E-state index is 12.3. The SMILES string of the molecule is Cc1nn(CC(=O)N2CC(C)CC2C)c(C)c1N. The average Bonchev–Trinajstić information content (AvgIpc) is 2.75. The van der Waals surface area contributed by atoms with Crippen molar-refractivity contribution in [2.24, 2.45) is 5.92 Å². The number of likely N-dealkylation sites (tertiary alicyclic amines) is 1. The molecule has 5 heteroatoms. The van der Waals surface area contributed by atoms with Gasteiger partial charge in [-0.05, 0) is 33.1 Å². The minimum absolute atomic E-state index is 0.137. The molecule has 2 unspecified atom stereocenters. The van der Waals surface area contributed by atoms with Crippen molar-refractivity contribution in [3.8, 4) is 0 Å². The van der Waals surface area contributed by atoms with Gasteiger partial charge >= 0.3 is 0 Å². The van der Waals surface area contributed by atoms with Crippen LogP contribution in [0, 0.1) is 19.8 Å². The number of carbonyl (C=O) groups is 1. The molecule has 0 spiro atoms. The Balaban J connectivity index is 2.10. The maximum Gasteiger partial charge on any atom is 0.244 e. The number of hydrogen-bond donors (Lipinski definition) is 1. The van der Waals surface area contributed by atoms with Gasteiger partial charge in [0.2, 0.25) is 5.91 Å². The quantitative estimate of drug-likeness (QED) is 0.861. The largest absolute Gasteiger partial charge is 0.396 e. The molecule has 1 fully saturated rings. The van der Waals surface area contributed by atoms with Crippen LogP contribution in [0.15, 0.2) is 0 Å². The minimum atomic E-state index is 0.137. The molecular formula is C13H22N4O. The van der Waals surface area contributed by atoms with E-state index in [-0.39, 0.29) is 5.91 Å². The number of nitrogens with zero attached hydrogens (tertiary/aromatic N) is 3. The Labute approximate surface area is 108 Å². The van der Waals surface area contributed by atoms with E-state index in [4.69, 9.17) is 5.73 Å². The molecule has 5 nitrogen and oxygen atoms in total. The van der Waals surface area contributed by atoms with Crippen molar-refractivity contribution in [1.82, 2.24) is 14.7 Å². The van der Waals surface area contributed by atoms with Crippen LogP contribution in [-0.4, -0.2) is 33.2 Å². The number of aromatic nitrogens is 2. The van der Waals surface area contributed by atoms with Crippen LogP contribution in [0.1, 0.15) is 31.7 Å². The van der Waals surface area contributed by atoms with Crippen molar-refractivity contribution in [2.75, 3.05) is 12.3 Å². The van der Waals surface area contributed by atoms with Gasteiger partial charge in [0.15, 0.2) is 0 Å². The number of carbonyl (C=O) groups excluding carboxylic acids is 1. The Morgan fingerprint density at radius 1 is 1.44 bits per heavy atom. The summed E-state index contributed by atoms with van der Waals surface area (Å²) in [5, 5.41) is 4.31. The van der Waals surface area contributed by atoms with Gasteiger partial charge in [-0.3, -0.25) is 9.48 Å². The second kappa shape index (κ2) is 4.63. The Morgan fingerprint density at radius 2 is 2.11 bits per heavy atom. The summed E-state index contributed by atoms with van der Waals surface area (Å²) < 4.78 is 1.71. The monoisotopic (exact) mass is 250 g/mol. The molecule has 2 atom stereocenters. The lowest BCUT2D eigenvalue weighted by atomic mass is 10.1. The van der Waals surface area contributed by atoms with Crippen LogP contribution in [0.4, 0.5) is 5.69 Å². The van der Waals surface area contributed by atoms with E-state index in [2.05, 4.69) is 18.9 Å². The summed E-state index contributed by atoms with van der Waals surface area (Å²) in [6.07, 6.45) is 1.09. The number of nitrogen functional groups attached to an aromatic ring is 1. The average molecular weight is 250 g/mol. The van der Waals surface area contributed by atoms with Crippen LogP contribution in [0.25, 0.3) is 0 Å². The number of rotatable bonds is 2. The van der Waals surface area contributed by atoms with Crippen LogP contribution in [0.2, 0.25) is 0 Å². The summed E-state index contributed by atoms with van der Waals surface area (Å²) in [6.45, 7) is 9.21. The lowest BCUT2D eigenvalue weighted by molar-refractivity contribution is -0.132. The first-order valence-corrected chi connectivity index (χ1v) is 6.49. The molecule has 0 aliphatic carbocycles. The van der Waals surface area contributed by atoms with Gasteiger partial charge in [-0.15, -0.1) is 0 Å². The smallest absolute Gasteiger partial charge is 0.244 e. The third kappa shape index (κ3) is 2.21. The van der Waals surface area contributed by atoms with E-state index in [1.807, 2.05) is 18.7 Å². The number of nitrogens with two attached hydrogens (primary N) is 1. The zero-order valence-corrected chi connectivity index (χ0v) is 11.6. The summed E-state index contributed by atoms with van der Waals surface area (Å²) in [7, 11) is 0. The normalized spacial score (nSPS) is 23.7. The second-order valence-corrected chi connectivity index (χ2v) is 5.48. The van der Waals surface area contributed by atoms with Gasteiger partial charge in [-0.25, -0.2) is 0 Å². The van der Waals surface area contributed by atoms with Gasteiger partial charge in [-0.1, -0.05) is 6.92 Å².